The summed E-state index contributed by atoms with van der Waals surface area (Å²) in [5.41, 5.74) is 4.16. The van der Waals surface area contributed by atoms with Crippen molar-refractivity contribution in [3.63, 3.8) is 0 Å². The van der Waals surface area contributed by atoms with Crippen LogP contribution >= 0.6 is 0 Å². The largest absolute Gasteiger partial charge is 0.494 e. The first kappa shape index (κ1) is 28.4. The van der Waals surface area contributed by atoms with Gasteiger partial charge < -0.3 is 15.4 Å². The van der Waals surface area contributed by atoms with E-state index in [0.29, 0.717) is 17.9 Å². The van der Waals surface area contributed by atoms with Crippen LogP contribution in [0.15, 0.2) is 146 Å². The fourth-order valence-corrected chi connectivity index (χ4v) is 5.18. The van der Waals surface area contributed by atoms with Gasteiger partial charge in [-0.2, -0.15) is 0 Å². The maximum absolute atomic E-state index is 14.1. The number of hydrogen-bond donors (Lipinski definition) is 2. The van der Waals surface area contributed by atoms with Gasteiger partial charge in [0, 0.05) is 0 Å². The van der Waals surface area contributed by atoms with E-state index in [0.717, 1.165) is 22.3 Å². The number of ether oxygens (including phenoxy) is 1. The minimum Gasteiger partial charge on any atom is -0.494 e. The molecule has 0 saturated carbocycles. The van der Waals surface area contributed by atoms with Gasteiger partial charge in [0.25, 0.3) is 0 Å². The van der Waals surface area contributed by atoms with Gasteiger partial charge in [-0.1, -0.05) is 133 Å². The van der Waals surface area contributed by atoms with Crippen molar-refractivity contribution >= 4 is 11.8 Å². The Kier molecular flexibility index (Phi) is 9.42. The molecule has 5 aromatic carbocycles. The first-order valence-electron chi connectivity index (χ1n) is 14.2. The zero-order chi connectivity index (χ0) is 29.1. The lowest BCUT2D eigenvalue weighted by molar-refractivity contribution is -0.125. The molecule has 0 aliphatic rings. The van der Waals surface area contributed by atoms with Crippen molar-refractivity contribution in [2.24, 2.45) is 0 Å². The Morgan fingerprint density at radius 1 is 0.524 bits per heavy atom. The molecule has 0 atom stereocenters. The number of hydrogen-bond acceptors (Lipinski definition) is 3. The summed E-state index contributed by atoms with van der Waals surface area (Å²) in [5, 5.41) is 6.32. The molecule has 0 heterocycles. The standard InChI is InChI=1S/C37H34N2O3/c1-2-42-32-25-15-24-31(26-32)35(38-36(40)33(27-16-7-3-8-17-27)28-18-9-4-10-19-28)39-37(41)34(29-20-11-5-12-21-29)30-22-13-6-14-23-30/h3-26,33-35H,2H2,1H3,(H,38,40)(H,39,41). The van der Waals surface area contributed by atoms with Crippen molar-refractivity contribution in [1.29, 1.82) is 0 Å². The summed E-state index contributed by atoms with van der Waals surface area (Å²) in [5.74, 6) is -0.929. The highest BCUT2D eigenvalue weighted by molar-refractivity contribution is 5.90. The molecule has 0 aliphatic heterocycles. The van der Waals surface area contributed by atoms with E-state index in [2.05, 4.69) is 10.6 Å². The van der Waals surface area contributed by atoms with Crippen molar-refractivity contribution in [2.75, 3.05) is 6.61 Å². The SMILES string of the molecule is CCOc1cccc(C(NC(=O)C(c2ccccc2)c2ccccc2)NC(=O)C(c2ccccc2)c2ccccc2)c1. The number of carbonyl (C=O) groups is 2. The third-order valence-electron chi connectivity index (χ3n) is 7.13. The Labute approximate surface area is 247 Å². The van der Waals surface area contributed by atoms with Crippen LogP contribution in [0.2, 0.25) is 0 Å². The summed E-state index contributed by atoms with van der Waals surface area (Å²) >= 11 is 0. The number of carbonyl (C=O) groups excluding carboxylic acids is 2. The van der Waals surface area contributed by atoms with E-state index in [1.165, 1.54) is 0 Å². The Bertz CT molecular complexity index is 1400. The van der Waals surface area contributed by atoms with Crippen molar-refractivity contribution in [3.8, 4) is 5.75 Å². The minimum atomic E-state index is -0.810. The van der Waals surface area contributed by atoms with Crippen molar-refractivity contribution in [3.05, 3.63) is 173 Å². The van der Waals surface area contributed by atoms with E-state index in [-0.39, 0.29) is 11.8 Å². The quantitative estimate of drug-likeness (QED) is 0.173. The summed E-state index contributed by atoms with van der Waals surface area (Å²) in [6.45, 7) is 2.42. The third-order valence-corrected chi connectivity index (χ3v) is 7.13. The molecule has 5 nitrogen and oxygen atoms in total. The van der Waals surface area contributed by atoms with Gasteiger partial charge in [0.2, 0.25) is 11.8 Å². The molecule has 0 saturated heterocycles. The molecule has 2 N–H and O–H groups in total. The Hall–Kier alpha value is -5.16. The highest BCUT2D eigenvalue weighted by Gasteiger charge is 2.29. The van der Waals surface area contributed by atoms with E-state index in [9.17, 15) is 9.59 Å². The van der Waals surface area contributed by atoms with Crippen LogP contribution in [0.1, 0.15) is 52.7 Å². The molecule has 0 fully saturated rings. The van der Waals surface area contributed by atoms with Gasteiger partial charge in [0.15, 0.2) is 0 Å². The van der Waals surface area contributed by atoms with E-state index in [1.807, 2.05) is 153 Å². The maximum Gasteiger partial charge on any atom is 0.233 e. The molecule has 0 aromatic heterocycles. The summed E-state index contributed by atoms with van der Waals surface area (Å²) in [4.78, 5) is 28.3. The van der Waals surface area contributed by atoms with Crippen molar-refractivity contribution in [1.82, 2.24) is 10.6 Å². The molecular weight excluding hydrogens is 520 g/mol. The normalized spacial score (nSPS) is 11.0. The Balaban J connectivity index is 1.52. The fourth-order valence-electron chi connectivity index (χ4n) is 5.18. The molecule has 0 bridgehead atoms. The first-order valence-corrected chi connectivity index (χ1v) is 14.2. The lowest BCUT2D eigenvalue weighted by Gasteiger charge is -2.27. The highest BCUT2D eigenvalue weighted by atomic mass is 16.5. The average Bonchev–Trinajstić information content (AvgIpc) is 3.03. The molecule has 5 rings (SSSR count). The topological polar surface area (TPSA) is 67.4 Å². The lowest BCUT2D eigenvalue weighted by atomic mass is 9.89. The van der Waals surface area contributed by atoms with Crippen LogP contribution in [-0.2, 0) is 9.59 Å². The van der Waals surface area contributed by atoms with Crippen LogP contribution in [0.4, 0.5) is 0 Å². The first-order chi connectivity index (χ1) is 20.6. The van der Waals surface area contributed by atoms with Crippen LogP contribution < -0.4 is 15.4 Å². The molecule has 210 valence electrons. The molecule has 5 aromatic rings. The van der Waals surface area contributed by atoms with E-state index in [1.54, 1.807) is 0 Å². The lowest BCUT2D eigenvalue weighted by Crippen LogP contribution is -2.44. The van der Waals surface area contributed by atoms with Gasteiger partial charge >= 0.3 is 0 Å². The molecular formula is C37H34N2O3. The van der Waals surface area contributed by atoms with Gasteiger partial charge in [0.1, 0.15) is 11.9 Å². The van der Waals surface area contributed by atoms with Gasteiger partial charge in [0.05, 0.1) is 18.4 Å². The Morgan fingerprint density at radius 2 is 0.881 bits per heavy atom. The van der Waals surface area contributed by atoms with Crippen LogP contribution in [0.3, 0.4) is 0 Å². The predicted molar refractivity (Wildman–Crippen MR) is 166 cm³/mol. The summed E-state index contributed by atoms with van der Waals surface area (Å²) in [7, 11) is 0. The number of rotatable bonds is 11. The van der Waals surface area contributed by atoms with E-state index >= 15 is 0 Å². The summed E-state index contributed by atoms with van der Waals surface area (Å²) < 4.78 is 5.75. The zero-order valence-corrected chi connectivity index (χ0v) is 23.5. The van der Waals surface area contributed by atoms with Gasteiger partial charge in [-0.3, -0.25) is 9.59 Å². The van der Waals surface area contributed by atoms with Crippen LogP contribution in [-0.4, -0.2) is 18.4 Å². The highest BCUT2D eigenvalue weighted by Crippen LogP contribution is 2.29. The van der Waals surface area contributed by atoms with Gasteiger partial charge in [-0.15, -0.1) is 0 Å². The minimum absolute atomic E-state index is 0.226. The second kappa shape index (κ2) is 14.0. The van der Waals surface area contributed by atoms with Crippen LogP contribution in [0.25, 0.3) is 0 Å². The number of benzene rings is 5. The second-order valence-corrected chi connectivity index (χ2v) is 9.96. The van der Waals surface area contributed by atoms with Gasteiger partial charge in [-0.25, -0.2) is 0 Å². The molecule has 0 radical (unpaired) electrons. The van der Waals surface area contributed by atoms with Crippen LogP contribution in [0.5, 0.6) is 5.75 Å². The molecule has 0 aliphatic carbocycles. The zero-order valence-electron chi connectivity index (χ0n) is 23.5. The Morgan fingerprint density at radius 3 is 1.24 bits per heavy atom. The molecule has 2 amide bonds. The number of amides is 2. The van der Waals surface area contributed by atoms with Gasteiger partial charge in [-0.05, 0) is 46.9 Å². The monoisotopic (exact) mass is 554 g/mol. The molecule has 0 unspecified atom stereocenters. The molecule has 42 heavy (non-hydrogen) atoms. The summed E-state index contributed by atoms with van der Waals surface area (Å²) in [6, 6.07) is 46.1. The third kappa shape index (κ3) is 6.94. The van der Waals surface area contributed by atoms with Crippen molar-refractivity contribution < 1.29 is 14.3 Å². The maximum atomic E-state index is 14.1. The molecule has 0 spiro atoms. The van der Waals surface area contributed by atoms with E-state index < -0.39 is 18.0 Å². The van der Waals surface area contributed by atoms with Crippen molar-refractivity contribution in [2.45, 2.75) is 24.9 Å². The number of nitrogens with one attached hydrogen (secondary N) is 2. The smallest absolute Gasteiger partial charge is 0.233 e. The fraction of sp³-hybridized carbons (Fsp3) is 0.135. The van der Waals surface area contributed by atoms with E-state index in [4.69, 9.17) is 4.74 Å². The predicted octanol–water partition coefficient (Wildman–Crippen LogP) is 6.98. The second-order valence-electron chi connectivity index (χ2n) is 9.96. The summed E-state index contributed by atoms with van der Waals surface area (Å²) in [6.07, 6.45) is -0.810. The molecule has 5 heteroatoms. The van der Waals surface area contributed by atoms with Crippen LogP contribution in [0, 0.1) is 0 Å². The average molecular weight is 555 g/mol.